The fourth-order valence-corrected chi connectivity index (χ4v) is 4.39. The molecular formula is C23H26N4O. The number of carbonyl (C=O) groups excluding carboxylic acids is 1. The van der Waals surface area contributed by atoms with E-state index >= 15 is 0 Å². The number of aromatic nitrogens is 1. The normalized spacial score (nSPS) is 18.6. The third-order valence-electron chi connectivity index (χ3n) is 5.96. The summed E-state index contributed by atoms with van der Waals surface area (Å²) in [5.74, 6) is 0.0848. The van der Waals surface area contributed by atoms with E-state index < -0.39 is 0 Å². The van der Waals surface area contributed by atoms with Gasteiger partial charge in [-0.3, -0.25) is 9.69 Å². The molecule has 144 valence electrons. The van der Waals surface area contributed by atoms with Gasteiger partial charge in [0.2, 0.25) is 0 Å². The minimum Gasteiger partial charge on any atom is -0.336 e. The highest BCUT2D eigenvalue weighted by Crippen LogP contribution is 2.24. The minimum absolute atomic E-state index is 0.0848. The Kier molecular flexibility index (Phi) is 5.68. The van der Waals surface area contributed by atoms with Gasteiger partial charge in [-0.25, -0.2) is 4.98 Å². The summed E-state index contributed by atoms with van der Waals surface area (Å²) >= 11 is 0. The first kappa shape index (κ1) is 18.6. The molecule has 2 fully saturated rings. The van der Waals surface area contributed by atoms with E-state index in [0.717, 1.165) is 37.4 Å². The molecule has 1 aromatic heterocycles. The van der Waals surface area contributed by atoms with Gasteiger partial charge in [-0.15, -0.1) is 0 Å². The van der Waals surface area contributed by atoms with Gasteiger partial charge in [0.1, 0.15) is 11.8 Å². The molecule has 2 heterocycles. The first-order chi connectivity index (χ1) is 13.7. The van der Waals surface area contributed by atoms with Crippen LogP contribution in [0.3, 0.4) is 0 Å². The number of rotatable bonds is 3. The topological polar surface area (TPSA) is 60.2 Å². The van der Waals surface area contributed by atoms with Crippen molar-refractivity contribution in [1.29, 1.82) is 5.26 Å². The molecule has 0 radical (unpaired) electrons. The Balaban J connectivity index is 1.43. The van der Waals surface area contributed by atoms with Crippen LogP contribution < -0.4 is 0 Å². The summed E-state index contributed by atoms with van der Waals surface area (Å²) in [4.78, 5) is 21.9. The third-order valence-corrected chi connectivity index (χ3v) is 5.96. The van der Waals surface area contributed by atoms with E-state index in [2.05, 4.69) is 16.0 Å². The Hall–Kier alpha value is -2.71. The summed E-state index contributed by atoms with van der Waals surface area (Å²) in [5.41, 5.74) is 2.65. The quantitative estimate of drug-likeness (QED) is 0.822. The number of hydrogen-bond acceptors (Lipinski definition) is 4. The molecule has 1 amide bonds. The number of nitriles is 1. The summed E-state index contributed by atoms with van der Waals surface area (Å²) in [6, 6.07) is 15.7. The predicted molar refractivity (Wildman–Crippen MR) is 109 cm³/mol. The average Bonchev–Trinajstić information content (AvgIpc) is 2.79. The lowest BCUT2D eigenvalue weighted by Crippen LogP contribution is -2.52. The maximum absolute atomic E-state index is 13.0. The van der Waals surface area contributed by atoms with E-state index in [0.29, 0.717) is 17.3 Å². The van der Waals surface area contributed by atoms with Crippen molar-refractivity contribution in [3.05, 3.63) is 53.7 Å². The average molecular weight is 374 g/mol. The highest BCUT2D eigenvalue weighted by atomic mass is 16.2. The van der Waals surface area contributed by atoms with Crippen molar-refractivity contribution < 1.29 is 4.79 Å². The molecule has 28 heavy (non-hydrogen) atoms. The zero-order chi connectivity index (χ0) is 19.3. The van der Waals surface area contributed by atoms with Crippen molar-refractivity contribution in [2.45, 2.75) is 38.1 Å². The summed E-state index contributed by atoms with van der Waals surface area (Å²) in [6.07, 6.45) is 6.68. The minimum atomic E-state index is 0.0848. The van der Waals surface area contributed by atoms with E-state index in [1.54, 1.807) is 6.07 Å². The lowest BCUT2D eigenvalue weighted by Gasteiger charge is -2.40. The molecule has 0 N–H and O–H groups in total. The molecular weight excluding hydrogens is 348 g/mol. The van der Waals surface area contributed by atoms with Crippen LogP contribution in [0.25, 0.3) is 11.3 Å². The van der Waals surface area contributed by atoms with Gasteiger partial charge in [0.25, 0.3) is 5.91 Å². The molecule has 1 aliphatic carbocycles. The molecule has 0 spiro atoms. The van der Waals surface area contributed by atoms with Crippen LogP contribution in [0.15, 0.2) is 42.5 Å². The lowest BCUT2D eigenvalue weighted by molar-refractivity contribution is 0.0523. The van der Waals surface area contributed by atoms with Crippen LogP contribution in [0.1, 0.15) is 48.2 Å². The zero-order valence-electron chi connectivity index (χ0n) is 16.2. The van der Waals surface area contributed by atoms with Crippen LogP contribution in [-0.4, -0.2) is 52.9 Å². The molecule has 0 unspecified atom stereocenters. The summed E-state index contributed by atoms with van der Waals surface area (Å²) in [6.45, 7) is 3.53. The van der Waals surface area contributed by atoms with E-state index in [1.165, 1.54) is 32.1 Å². The van der Waals surface area contributed by atoms with Gasteiger partial charge < -0.3 is 4.90 Å². The van der Waals surface area contributed by atoms with Crippen LogP contribution in [0.5, 0.6) is 0 Å². The monoisotopic (exact) mass is 374 g/mol. The fourth-order valence-electron chi connectivity index (χ4n) is 4.39. The second-order valence-electron chi connectivity index (χ2n) is 7.72. The molecule has 4 rings (SSSR count). The number of piperazine rings is 1. The maximum Gasteiger partial charge on any atom is 0.253 e. The van der Waals surface area contributed by atoms with Crippen LogP contribution in [0.2, 0.25) is 0 Å². The molecule has 1 aliphatic heterocycles. The molecule has 0 bridgehead atoms. The highest BCUT2D eigenvalue weighted by molar-refractivity contribution is 5.95. The van der Waals surface area contributed by atoms with Gasteiger partial charge >= 0.3 is 0 Å². The number of carbonyl (C=O) groups is 1. The SMILES string of the molecule is N#Cc1cccc(-c2cccc(C(=O)N3CCN(C4CCCCC4)CC3)c2)n1. The van der Waals surface area contributed by atoms with E-state index in [-0.39, 0.29) is 5.91 Å². The van der Waals surface area contributed by atoms with Crippen molar-refractivity contribution >= 4 is 5.91 Å². The number of benzene rings is 1. The molecule has 1 saturated heterocycles. The van der Waals surface area contributed by atoms with Gasteiger partial charge in [-0.05, 0) is 37.1 Å². The van der Waals surface area contributed by atoms with Gasteiger partial charge in [-0.2, -0.15) is 5.26 Å². The third kappa shape index (κ3) is 4.07. The van der Waals surface area contributed by atoms with Gasteiger partial charge in [0.05, 0.1) is 5.69 Å². The molecule has 1 aromatic carbocycles. The highest BCUT2D eigenvalue weighted by Gasteiger charge is 2.27. The van der Waals surface area contributed by atoms with Gasteiger partial charge in [0, 0.05) is 43.3 Å². The molecule has 1 saturated carbocycles. The standard InChI is InChI=1S/C23H26N4O/c24-17-20-8-5-11-22(25-20)18-6-4-7-19(16-18)23(28)27-14-12-26(13-15-27)21-9-2-1-3-10-21/h4-8,11,16,21H,1-3,9-10,12-15H2. The molecule has 2 aliphatic rings. The first-order valence-electron chi connectivity index (χ1n) is 10.3. The lowest BCUT2D eigenvalue weighted by atomic mass is 9.94. The van der Waals surface area contributed by atoms with Gasteiger partial charge in [0.15, 0.2) is 0 Å². The number of pyridine rings is 1. The van der Waals surface area contributed by atoms with Crippen LogP contribution in [0.4, 0.5) is 0 Å². The number of hydrogen-bond donors (Lipinski definition) is 0. The molecule has 5 nitrogen and oxygen atoms in total. The Morgan fingerprint density at radius 1 is 1.00 bits per heavy atom. The zero-order valence-corrected chi connectivity index (χ0v) is 16.2. The van der Waals surface area contributed by atoms with E-state index in [1.807, 2.05) is 41.3 Å². The van der Waals surface area contributed by atoms with E-state index in [9.17, 15) is 4.79 Å². The van der Waals surface area contributed by atoms with Crippen molar-refractivity contribution in [3.63, 3.8) is 0 Å². The molecule has 0 atom stereocenters. The Bertz CT molecular complexity index is 874. The molecule has 2 aromatic rings. The van der Waals surface area contributed by atoms with Crippen LogP contribution >= 0.6 is 0 Å². The van der Waals surface area contributed by atoms with E-state index in [4.69, 9.17) is 5.26 Å². The fraction of sp³-hybridized carbons (Fsp3) is 0.435. The summed E-state index contributed by atoms with van der Waals surface area (Å²) < 4.78 is 0. The first-order valence-corrected chi connectivity index (χ1v) is 10.3. The van der Waals surface area contributed by atoms with Crippen molar-refractivity contribution in [2.75, 3.05) is 26.2 Å². The number of amides is 1. The van der Waals surface area contributed by atoms with Crippen LogP contribution in [-0.2, 0) is 0 Å². The van der Waals surface area contributed by atoms with Gasteiger partial charge in [-0.1, -0.05) is 37.5 Å². The summed E-state index contributed by atoms with van der Waals surface area (Å²) in [5, 5.41) is 9.06. The smallest absolute Gasteiger partial charge is 0.253 e. The number of nitrogens with zero attached hydrogens (tertiary/aromatic N) is 4. The Labute approximate surface area is 166 Å². The Morgan fingerprint density at radius 3 is 2.50 bits per heavy atom. The predicted octanol–water partition coefficient (Wildman–Crippen LogP) is 3.71. The van der Waals surface area contributed by atoms with Crippen molar-refractivity contribution in [2.24, 2.45) is 0 Å². The maximum atomic E-state index is 13.0. The second kappa shape index (κ2) is 8.53. The second-order valence-corrected chi connectivity index (χ2v) is 7.72. The molecule has 5 heteroatoms. The largest absolute Gasteiger partial charge is 0.336 e. The van der Waals surface area contributed by atoms with Crippen LogP contribution in [0, 0.1) is 11.3 Å². The van der Waals surface area contributed by atoms with Crippen molar-refractivity contribution in [1.82, 2.24) is 14.8 Å². The Morgan fingerprint density at radius 2 is 1.75 bits per heavy atom. The summed E-state index contributed by atoms with van der Waals surface area (Å²) in [7, 11) is 0. The van der Waals surface area contributed by atoms with Crippen molar-refractivity contribution in [3.8, 4) is 17.3 Å².